The van der Waals surface area contributed by atoms with Crippen molar-refractivity contribution in [3.8, 4) is 0 Å². The van der Waals surface area contributed by atoms with E-state index < -0.39 is 6.04 Å². The number of nitrogens with one attached hydrogen (secondary N) is 3. The highest BCUT2D eigenvalue weighted by atomic mass is 16.2. The first-order chi connectivity index (χ1) is 13.6. The molecule has 142 valence electrons. The molecule has 1 aliphatic heterocycles. The first-order valence-corrected chi connectivity index (χ1v) is 8.88. The lowest BCUT2D eigenvalue weighted by atomic mass is 10.1. The van der Waals surface area contributed by atoms with Crippen LogP contribution in [-0.2, 0) is 16.1 Å². The first kappa shape index (κ1) is 17.7. The van der Waals surface area contributed by atoms with E-state index >= 15 is 0 Å². The fourth-order valence-electron chi connectivity index (χ4n) is 3.07. The van der Waals surface area contributed by atoms with Crippen molar-refractivity contribution in [2.45, 2.75) is 25.4 Å². The van der Waals surface area contributed by atoms with Gasteiger partial charge in [0.1, 0.15) is 6.04 Å². The summed E-state index contributed by atoms with van der Waals surface area (Å²) in [5.41, 5.74) is 1.57. The Bertz CT molecular complexity index is 1060. The Morgan fingerprint density at radius 3 is 2.82 bits per heavy atom. The summed E-state index contributed by atoms with van der Waals surface area (Å²) in [6.07, 6.45) is 2.10. The third kappa shape index (κ3) is 3.54. The van der Waals surface area contributed by atoms with Gasteiger partial charge in [0.05, 0.1) is 17.8 Å². The van der Waals surface area contributed by atoms with E-state index in [1.54, 1.807) is 28.7 Å². The fraction of sp³-hybridized carbons (Fsp3) is 0.211. The van der Waals surface area contributed by atoms with Gasteiger partial charge in [-0.25, -0.2) is 0 Å². The van der Waals surface area contributed by atoms with Crippen LogP contribution in [0, 0.1) is 0 Å². The summed E-state index contributed by atoms with van der Waals surface area (Å²) in [7, 11) is 0. The lowest BCUT2D eigenvalue weighted by Crippen LogP contribution is -2.42. The Kier molecular flexibility index (Phi) is 4.71. The minimum Gasteiger partial charge on any atom is -0.349 e. The fourth-order valence-corrected chi connectivity index (χ4v) is 3.07. The number of carbonyl (C=O) groups is 3. The number of nitrogens with zero attached hydrogens (tertiary/aromatic N) is 3. The summed E-state index contributed by atoms with van der Waals surface area (Å²) in [6, 6.07) is 11.5. The van der Waals surface area contributed by atoms with E-state index in [4.69, 9.17) is 0 Å². The van der Waals surface area contributed by atoms with Gasteiger partial charge in [-0.3, -0.25) is 18.8 Å². The molecule has 3 amide bonds. The summed E-state index contributed by atoms with van der Waals surface area (Å²) < 4.78 is 1.79. The van der Waals surface area contributed by atoms with Crippen LogP contribution in [0.4, 0.5) is 5.69 Å². The Labute approximate surface area is 160 Å². The average molecular weight is 378 g/mol. The second kappa shape index (κ2) is 7.47. The maximum Gasteiger partial charge on any atom is 0.254 e. The molecule has 28 heavy (non-hydrogen) atoms. The van der Waals surface area contributed by atoms with Gasteiger partial charge in [-0.05, 0) is 30.7 Å². The molecule has 0 unspecified atom stereocenters. The second-order valence-electron chi connectivity index (χ2n) is 6.42. The normalized spacial score (nSPS) is 16.1. The van der Waals surface area contributed by atoms with Crippen LogP contribution in [0.3, 0.4) is 0 Å². The molecule has 0 aliphatic carbocycles. The van der Waals surface area contributed by atoms with Gasteiger partial charge in [-0.15, -0.1) is 10.2 Å². The molecule has 3 aromatic rings. The molecule has 2 aromatic heterocycles. The van der Waals surface area contributed by atoms with Gasteiger partial charge in [-0.1, -0.05) is 18.2 Å². The van der Waals surface area contributed by atoms with Gasteiger partial charge >= 0.3 is 0 Å². The van der Waals surface area contributed by atoms with Gasteiger partial charge in [-0.2, -0.15) is 0 Å². The predicted molar refractivity (Wildman–Crippen MR) is 100 cm³/mol. The van der Waals surface area contributed by atoms with Crippen molar-refractivity contribution in [1.29, 1.82) is 0 Å². The summed E-state index contributed by atoms with van der Waals surface area (Å²) in [4.78, 5) is 36.8. The molecular formula is C19H18N6O3. The van der Waals surface area contributed by atoms with E-state index in [9.17, 15) is 14.4 Å². The molecule has 0 bridgehead atoms. The van der Waals surface area contributed by atoms with E-state index in [0.717, 1.165) is 0 Å². The van der Waals surface area contributed by atoms with Crippen LogP contribution in [0.2, 0.25) is 0 Å². The van der Waals surface area contributed by atoms with Gasteiger partial charge in [0.15, 0.2) is 11.5 Å². The molecule has 0 saturated carbocycles. The highest BCUT2D eigenvalue weighted by molar-refractivity contribution is 6.09. The molecule has 0 saturated heterocycles. The number of rotatable bonds is 5. The van der Waals surface area contributed by atoms with Crippen molar-refractivity contribution >= 4 is 29.1 Å². The van der Waals surface area contributed by atoms with E-state index in [1.807, 2.05) is 24.4 Å². The van der Waals surface area contributed by atoms with Crippen LogP contribution in [0.5, 0.6) is 0 Å². The quantitative estimate of drug-likeness (QED) is 0.609. The number of amides is 3. The molecule has 9 nitrogen and oxygen atoms in total. The maximum atomic E-state index is 12.3. The number of benzene rings is 1. The summed E-state index contributed by atoms with van der Waals surface area (Å²) in [5.74, 6) is -0.305. The minimum absolute atomic E-state index is 0.0887. The molecular weight excluding hydrogens is 360 g/mol. The molecule has 1 aromatic carbocycles. The van der Waals surface area contributed by atoms with Crippen molar-refractivity contribution < 1.29 is 14.4 Å². The zero-order valence-electron chi connectivity index (χ0n) is 14.9. The van der Waals surface area contributed by atoms with Crippen LogP contribution in [0.25, 0.3) is 5.65 Å². The van der Waals surface area contributed by atoms with Crippen molar-refractivity contribution in [2.24, 2.45) is 0 Å². The molecule has 0 fully saturated rings. The number of fused-ring (bicyclic) bond motifs is 2. The lowest BCUT2D eigenvalue weighted by Gasteiger charge is -2.14. The summed E-state index contributed by atoms with van der Waals surface area (Å²) in [6.45, 7) is 0.221. The highest BCUT2D eigenvalue weighted by Gasteiger charge is 2.27. The Hall–Kier alpha value is -3.75. The van der Waals surface area contributed by atoms with Crippen molar-refractivity contribution in [3.63, 3.8) is 0 Å². The average Bonchev–Trinajstić information content (AvgIpc) is 3.07. The van der Waals surface area contributed by atoms with Gasteiger partial charge in [0.2, 0.25) is 11.8 Å². The largest absolute Gasteiger partial charge is 0.349 e. The number of para-hydroxylation sites is 1. The Morgan fingerprint density at radius 2 is 1.93 bits per heavy atom. The minimum atomic E-state index is -0.778. The Balaban J connectivity index is 1.33. The van der Waals surface area contributed by atoms with E-state index in [-0.39, 0.29) is 37.1 Å². The molecule has 3 heterocycles. The SMILES string of the molecule is O=C(CC[C@@H]1NC(=O)c2ccccc2NC1=O)NCc1nnc2ccccn12. The van der Waals surface area contributed by atoms with Crippen molar-refractivity contribution in [1.82, 2.24) is 25.2 Å². The number of anilines is 1. The van der Waals surface area contributed by atoms with Crippen LogP contribution >= 0.6 is 0 Å². The number of aromatic nitrogens is 3. The van der Waals surface area contributed by atoms with E-state index in [0.29, 0.717) is 22.7 Å². The smallest absolute Gasteiger partial charge is 0.254 e. The number of pyridine rings is 1. The predicted octanol–water partition coefficient (Wildman–Crippen LogP) is 0.876. The van der Waals surface area contributed by atoms with E-state index in [2.05, 4.69) is 26.1 Å². The molecule has 0 spiro atoms. The van der Waals surface area contributed by atoms with Gasteiger partial charge in [0.25, 0.3) is 5.91 Å². The van der Waals surface area contributed by atoms with Crippen LogP contribution in [-0.4, -0.2) is 38.4 Å². The molecule has 4 rings (SSSR count). The van der Waals surface area contributed by atoms with Crippen LogP contribution in [0.15, 0.2) is 48.7 Å². The zero-order valence-corrected chi connectivity index (χ0v) is 14.9. The van der Waals surface area contributed by atoms with Crippen molar-refractivity contribution in [3.05, 3.63) is 60.0 Å². The Morgan fingerprint density at radius 1 is 1.11 bits per heavy atom. The van der Waals surface area contributed by atoms with Gasteiger partial charge in [0, 0.05) is 12.6 Å². The molecule has 3 N–H and O–H groups in total. The standard InChI is InChI=1S/C19H18N6O3/c26-17(20-11-16-24-23-15-7-3-4-10-25(15)16)9-8-14-19(28)21-13-6-2-1-5-12(13)18(27)22-14/h1-7,10,14H,8-9,11H2,(H,20,26)(H,21,28)(H,22,27)/t14-/m0/s1. The summed E-state index contributed by atoms with van der Waals surface area (Å²) >= 11 is 0. The topological polar surface area (TPSA) is 117 Å². The number of hydrogen-bond donors (Lipinski definition) is 3. The molecule has 0 radical (unpaired) electrons. The van der Waals surface area contributed by atoms with Gasteiger partial charge < -0.3 is 16.0 Å². The molecule has 1 atom stereocenters. The lowest BCUT2D eigenvalue weighted by molar-refractivity contribution is -0.122. The molecule has 9 heteroatoms. The third-order valence-electron chi connectivity index (χ3n) is 4.54. The maximum absolute atomic E-state index is 12.3. The van der Waals surface area contributed by atoms with E-state index in [1.165, 1.54) is 0 Å². The highest BCUT2D eigenvalue weighted by Crippen LogP contribution is 2.19. The first-order valence-electron chi connectivity index (χ1n) is 8.88. The third-order valence-corrected chi connectivity index (χ3v) is 4.54. The number of carbonyl (C=O) groups excluding carboxylic acids is 3. The summed E-state index contributed by atoms with van der Waals surface area (Å²) in [5, 5.41) is 16.2. The zero-order chi connectivity index (χ0) is 19.5. The number of hydrogen-bond acceptors (Lipinski definition) is 5. The van der Waals surface area contributed by atoms with Crippen LogP contribution < -0.4 is 16.0 Å². The van der Waals surface area contributed by atoms with Crippen LogP contribution in [0.1, 0.15) is 29.0 Å². The second-order valence-corrected chi connectivity index (χ2v) is 6.42. The molecule has 1 aliphatic rings. The monoisotopic (exact) mass is 378 g/mol. The van der Waals surface area contributed by atoms with Crippen molar-refractivity contribution in [2.75, 3.05) is 5.32 Å².